The third-order valence-electron chi connectivity index (χ3n) is 3.00. The Kier molecular flexibility index (Phi) is 2.65. The first-order valence-corrected chi connectivity index (χ1v) is 5.41. The van der Waals surface area contributed by atoms with Gasteiger partial charge in [0.05, 0.1) is 6.61 Å². The Morgan fingerprint density at radius 1 is 1.53 bits per heavy atom. The number of carbonyl (C=O) groups excluding carboxylic acids is 2. The number of nitrogens with zero attached hydrogens (tertiary/aromatic N) is 1. The zero-order valence-electron chi connectivity index (χ0n) is 8.91. The molecule has 1 atom stereocenters. The molecule has 3 amide bonds. The van der Waals surface area contributed by atoms with E-state index in [1.807, 2.05) is 6.92 Å². The van der Waals surface area contributed by atoms with E-state index in [0.29, 0.717) is 26.2 Å². The second kappa shape index (κ2) is 3.81. The van der Waals surface area contributed by atoms with E-state index in [9.17, 15) is 9.59 Å². The third kappa shape index (κ3) is 1.61. The lowest BCUT2D eigenvalue weighted by molar-refractivity contribution is -0.131. The van der Waals surface area contributed by atoms with Crippen LogP contribution in [0.1, 0.15) is 26.2 Å². The van der Waals surface area contributed by atoms with Crippen LogP contribution < -0.4 is 5.32 Å². The molecule has 0 radical (unpaired) electrons. The minimum absolute atomic E-state index is 0.113. The van der Waals surface area contributed by atoms with E-state index in [1.54, 1.807) is 0 Å². The zero-order chi connectivity index (χ0) is 10.9. The van der Waals surface area contributed by atoms with Crippen LogP contribution in [-0.2, 0) is 9.53 Å². The van der Waals surface area contributed by atoms with Crippen molar-refractivity contribution in [2.45, 2.75) is 31.7 Å². The van der Waals surface area contributed by atoms with Crippen LogP contribution in [0.4, 0.5) is 4.79 Å². The van der Waals surface area contributed by atoms with Gasteiger partial charge in [-0.05, 0) is 6.42 Å². The molecule has 0 bridgehead atoms. The lowest BCUT2D eigenvalue weighted by atomic mass is 9.99. The summed E-state index contributed by atoms with van der Waals surface area (Å²) in [5.41, 5.74) is -0.745. The van der Waals surface area contributed by atoms with Crippen molar-refractivity contribution in [3.63, 3.8) is 0 Å². The first-order valence-electron chi connectivity index (χ1n) is 5.41. The lowest BCUT2D eigenvalue weighted by Gasteiger charge is -2.18. The summed E-state index contributed by atoms with van der Waals surface area (Å²) in [5, 5.41) is 2.75. The fraction of sp³-hybridized carbons (Fsp3) is 0.800. The number of ether oxygens (including phenoxy) is 1. The number of amides is 3. The number of rotatable bonds is 3. The van der Waals surface area contributed by atoms with Gasteiger partial charge in [0.2, 0.25) is 0 Å². The Bertz CT molecular complexity index is 284. The highest BCUT2D eigenvalue weighted by Gasteiger charge is 2.53. The molecule has 0 aromatic carbocycles. The quantitative estimate of drug-likeness (QED) is 0.693. The van der Waals surface area contributed by atoms with Gasteiger partial charge in [-0.1, -0.05) is 13.3 Å². The summed E-state index contributed by atoms with van der Waals surface area (Å²) < 4.78 is 5.19. The predicted octanol–water partition coefficient (Wildman–Crippen LogP) is 0.497. The number of hydrogen-bond acceptors (Lipinski definition) is 3. The minimum Gasteiger partial charge on any atom is -0.378 e. The Balaban J connectivity index is 2.08. The van der Waals surface area contributed by atoms with Gasteiger partial charge in [-0.2, -0.15) is 0 Å². The monoisotopic (exact) mass is 212 g/mol. The fourth-order valence-electron chi connectivity index (χ4n) is 2.03. The molecule has 5 nitrogen and oxygen atoms in total. The summed E-state index contributed by atoms with van der Waals surface area (Å²) in [6.07, 6.45) is 2.43. The maximum absolute atomic E-state index is 12.0. The van der Waals surface area contributed by atoms with Crippen molar-refractivity contribution in [1.82, 2.24) is 10.2 Å². The van der Waals surface area contributed by atoms with E-state index >= 15 is 0 Å². The number of urea groups is 1. The normalized spacial score (nSPS) is 30.3. The summed E-state index contributed by atoms with van der Waals surface area (Å²) in [6, 6.07) is -0.265. The molecule has 2 heterocycles. The maximum Gasteiger partial charge on any atom is 0.325 e. The molecule has 0 unspecified atom stereocenters. The SMILES string of the molecule is CCCCN1C(=O)N[C@@]2(CCOC2)C1=O. The van der Waals surface area contributed by atoms with Crippen LogP contribution in [0.2, 0.25) is 0 Å². The molecule has 2 fully saturated rings. The van der Waals surface area contributed by atoms with E-state index in [1.165, 1.54) is 4.90 Å². The summed E-state index contributed by atoms with van der Waals surface area (Å²) in [7, 11) is 0. The molecule has 1 N–H and O–H groups in total. The first kappa shape index (κ1) is 10.4. The van der Waals surface area contributed by atoms with E-state index in [-0.39, 0.29) is 11.9 Å². The van der Waals surface area contributed by atoms with Crippen molar-refractivity contribution in [3.05, 3.63) is 0 Å². The summed E-state index contributed by atoms with van der Waals surface area (Å²) in [6.45, 7) is 3.42. The molecule has 2 aliphatic rings. The molecule has 2 saturated heterocycles. The van der Waals surface area contributed by atoms with Crippen molar-refractivity contribution in [1.29, 1.82) is 0 Å². The van der Waals surface area contributed by atoms with Crippen molar-refractivity contribution in [3.8, 4) is 0 Å². The van der Waals surface area contributed by atoms with Crippen LogP contribution in [0, 0.1) is 0 Å². The van der Waals surface area contributed by atoms with Gasteiger partial charge in [0.1, 0.15) is 5.54 Å². The molecule has 1 spiro atoms. The molecule has 2 rings (SSSR count). The minimum atomic E-state index is -0.745. The molecule has 0 aromatic heterocycles. The van der Waals surface area contributed by atoms with Crippen LogP contribution in [0.25, 0.3) is 0 Å². The van der Waals surface area contributed by atoms with E-state index in [4.69, 9.17) is 4.74 Å². The highest BCUT2D eigenvalue weighted by Crippen LogP contribution is 2.26. The fourth-order valence-corrected chi connectivity index (χ4v) is 2.03. The summed E-state index contributed by atoms with van der Waals surface area (Å²) >= 11 is 0. The highest BCUT2D eigenvalue weighted by molar-refractivity contribution is 6.07. The van der Waals surface area contributed by atoms with E-state index in [2.05, 4.69) is 5.32 Å². The largest absolute Gasteiger partial charge is 0.378 e. The second-order valence-corrected chi connectivity index (χ2v) is 4.13. The molecule has 0 aliphatic carbocycles. The smallest absolute Gasteiger partial charge is 0.325 e. The van der Waals surface area contributed by atoms with Crippen LogP contribution in [0.15, 0.2) is 0 Å². The van der Waals surface area contributed by atoms with Crippen molar-refractivity contribution >= 4 is 11.9 Å². The van der Waals surface area contributed by atoms with Crippen molar-refractivity contribution < 1.29 is 14.3 Å². The standard InChI is InChI=1S/C10H16N2O3/c1-2-3-5-12-8(13)10(11-9(12)14)4-6-15-7-10/h2-7H2,1H3,(H,11,14)/t10-/m1/s1. The van der Waals surface area contributed by atoms with Crippen molar-refractivity contribution in [2.24, 2.45) is 0 Å². The van der Waals surface area contributed by atoms with Crippen molar-refractivity contribution in [2.75, 3.05) is 19.8 Å². The Hall–Kier alpha value is -1.10. The second-order valence-electron chi connectivity index (χ2n) is 4.13. The number of imide groups is 1. The molecule has 5 heteroatoms. The first-order chi connectivity index (χ1) is 7.19. The molecule has 15 heavy (non-hydrogen) atoms. The Labute approximate surface area is 88.8 Å². The molecular weight excluding hydrogens is 196 g/mol. The van der Waals surface area contributed by atoms with Gasteiger partial charge in [-0.25, -0.2) is 4.79 Å². The van der Waals surface area contributed by atoms with Crippen LogP contribution in [0.3, 0.4) is 0 Å². The maximum atomic E-state index is 12.0. The number of nitrogens with one attached hydrogen (secondary N) is 1. The molecule has 0 aromatic rings. The van der Waals surface area contributed by atoms with Crippen LogP contribution in [-0.4, -0.2) is 42.1 Å². The van der Waals surface area contributed by atoms with Gasteiger partial charge < -0.3 is 10.1 Å². The van der Waals surface area contributed by atoms with Crippen LogP contribution >= 0.6 is 0 Å². The summed E-state index contributed by atoms with van der Waals surface area (Å²) in [4.78, 5) is 24.9. The predicted molar refractivity (Wildman–Crippen MR) is 53.3 cm³/mol. The van der Waals surface area contributed by atoms with Gasteiger partial charge in [0.25, 0.3) is 5.91 Å². The molecular formula is C10H16N2O3. The van der Waals surface area contributed by atoms with Gasteiger partial charge in [-0.3, -0.25) is 9.69 Å². The Morgan fingerprint density at radius 2 is 2.33 bits per heavy atom. The number of carbonyl (C=O) groups is 2. The molecule has 2 aliphatic heterocycles. The average molecular weight is 212 g/mol. The highest BCUT2D eigenvalue weighted by atomic mass is 16.5. The van der Waals surface area contributed by atoms with Crippen LogP contribution in [0.5, 0.6) is 0 Å². The lowest BCUT2D eigenvalue weighted by Crippen LogP contribution is -2.47. The number of hydrogen-bond donors (Lipinski definition) is 1. The number of unbranched alkanes of at least 4 members (excludes halogenated alkanes) is 1. The van der Waals surface area contributed by atoms with Gasteiger partial charge >= 0.3 is 6.03 Å². The van der Waals surface area contributed by atoms with E-state index < -0.39 is 5.54 Å². The zero-order valence-corrected chi connectivity index (χ0v) is 8.91. The average Bonchev–Trinajstić information content (AvgIpc) is 2.75. The Morgan fingerprint density at radius 3 is 2.93 bits per heavy atom. The van der Waals surface area contributed by atoms with Gasteiger partial charge in [0.15, 0.2) is 0 Å². The van der Waals surface area contributed by atoms with Gasteiger partial charge in [-0.15, -0.1) is 0 Å². The molecule has 84 valence electrons. The third-order valence-corrected chi connectivity index (χ3v) is 3.00. The van der Waals surface area contributed by atoms with E-state index in [0.717, 1.165) is 12.8 Å². The molecule has 0 saturated carbocycles. The summed E-state index contributed by atoms with van der Waals surface area (Å²) in [5.74, 6) is -0.113. The topological polar surface area (TPSA) is 58.6 Å². The van der Waals surface area contributed by atoms with Gasteiger partial charge in [0, 0.05) is 19.6 Å².